The predicted octanol–water partition coefficient (Wildman–Crippen LogP) is 2.28. The van der Waals surface area contributed by atoms with Crippen molar-refractivity contribution in [3.05, 3.63) is 16.9 Å². The summed E-state index contributed by atoms with van der Waals surface area (Å²) >= 11 is 6.25. The highest BCUT2D eigenvalue weighted by Gasteiger charge is 2.13. The van der Waals surface area contributed by atoms with Crippen molar-refractivity contribution in [2.75, 3.05) is 33.7 Å². The lowest BCUT2D eigenvalue weighted by atomic mass is 10.1. The van der Waals surface area contributed by atoms with Gasteiger partial charge in [-0.25, -0.2) is 0 Å². The van der Waals surface area contributed by atoms with Crippen LogP contribution >= 0.6 is 11.6 Å². The van der Waals surface area contributed by atoms with Crippen LogP contribution in [-0.4, -0.2) is 48.4 Å². The van der Waals surface area contributed by atoms with Crippen molar-refractivity contribution in [2.24, 2.45) is 5.92 Å². The van der Waals surface area contributed by atoms with Gasteiger partial charge in [0.25, 0.3) is 0 Å². The van der Waals surface area contributed by atoms with Crippen molar-refractivity contribution in [1.82, 2.24) is 20.0 Å². The topological polar surface area (TPSA) is 33.1 Å². The van der Waals surface area contributed by atoms with Gasteiger partial charge in [-0.2, -0.15) is 5.10 Å². The molecule has 0 fully saturated rings. The van der Waals surface area contributed by atoms with Crippen LogP contribution in [0.4, 0.5) is 0 Å². The molecule has 0 saturated heterocycles. The smallest absolute Gasteiger partial charge is 0.0817 e. The number of likely N-dealkylation sites (N-methyl/N-ethyl adjacent to an activating group) is 1. The summed E-state index contributed by atoms with van der Waals surface area (Å²) in [6, 6.07) is 0. The molecule has 1 aromatic rings. The third-order valence-electron chi connectivity index (χ3n) is 3.12. The standard InChI is InChI=1S/C14H27ClN4/c1-5-6-16-10-12(2)9-14-13(15)11-17-19(14)8-7-18(3)4/h11-12,16H,5-10H2,1-4H3. The summed E-state index contributed by atoms with van der Waals surface area (Å²) in [5.41, 5.74) is 1.16. The van der Waals surface area contributed by atoms with E-state index < -0.39 is 0 Å². The normalized spacial score (nSPS) is 13.2. The van der Waals surface area contributed by atoms with Crippen molar-refractivity contribution < 1.29 is 0 Å². The summed E-state index contributed by atoms with van der Waals surface area (Å²) in [7, 11) is 4.14. The molecule has 1 rings (SSSR count). The maximum absolute atomic E-state index is 6.25. The van der Waals surface area contributed by atoms with Crippen LogP contribution in [0.1, 0.15) is 26.0 Å². The van der Waals surface area contributed by atoms with Crippen molar-refractivity contribution in [2.45, 2.75) is 33.2 Å². The number of nitrogens with one attached hydrogen (secondary N) is 1. The molecule has 0 spiro atoms. The molecule has 1 unspecified atom stereocenters. The molecule has 1 heterocycles. The minimum atomic E-state index is 0.568. The maximum Gasteiger partial charge on any atom is 0.0817 e. The van der Waals surface area contributed by atoms with Gasteiger partial charge < -0.3 is 10.2 Å². The van der Waals surface area contributed by atoms with Crippen LogP contribution in [0, 0.1) is 5.92 Å². The first kappa shape index (κ1) is 16.5. The molecule has 1 N–H and O–H groups in total. The minimum absolute atomic E-state index is 0.568. The Balaban J connectivity index is 2.53. The maximum atomic E-state index is 6.25. The highest BCUT2D eigenvalue weighted by Crippen LogP contribution is 2.18. The molecule has 1 aromatic heterocycles. The van der Waals surface area contributed by atoms with Gasteiger partial charge in [0.2, 0.25) is 0 Å². The van der Waals surface area contributed by atoms with Crippen molar-refractivity contribution >= 4 is 11.6 Å². The van der Waals surface area contributed by atoms with E-state index in [9.17, 15) is 0 Å². The fraction of sp³-hybridized carbons (Fsp3) is 0.786. The number of nitrogens with zero attached hydrogens (tertiary/aromatic N) is 3. The van der Waals surface area contributed by atoms with E-state index >= 15 is 0 Å². The van der Waals surface area contributed by atoms with Gasteiger partial charge in [0.05, 0.1) is 23.5 Å². The molecule has 0 saturated carbocycles. The van der Waals surface area contributed by atoms with Gasteiger partial charge in [-0.3, -0.25) is 4.68 Å². The molecule has 0 bridgehead atoms. The van der Waals surface area contributed by atoms with Gasteiger partial charge >= 0.3 is 0 Å². The molecular weight excluding hydrogens is 260 g/mol. The predicted molar refractivity (Wildman–Crippen MR) is 81.8 cm³/mol. The second-order valence-corrected chi connectivity index (χ2v) is 5.89. The molecule has 19 heavy (non-hydrogen) atoms. The lowest BCUT2D eigenvalue weighted by molar-refractivity contribution is 0.366. The first-order valence-corrected chi connectivity index (χ1v) is 7.48. The van der Waals surface area contributed by atoms with Crippen molar-refractivity contribution in [3.63, 3.8) is 0 Å². The lowest BCUT2D eigenvalue weighted by Crippen LogP contribution is -2.25. The zero-order valence-electron chi connectivity index (χ0n) is 12.6. The fourth-order valence-electron chi connectivity index (χ4n) is 2.01. The second kappa shape index (κ2) is 8.56. The van der Waals surface area contributed by atoms with E-state index in [4.69, 9.17) is 11.6 Å². The Morgan fingerprint density at radius 1 is 1.47 bits per heavy atom. The summed E-state index contributed by atoms with van der Waals surface area (Å²) in [6.07, 6.45) is 3.91. The largest absolute Gasteiger partial charge is 0.316 e. The first-order valence-electron chi connectivity index (χ1n) is 7.10. The summed E-state index contributed by atoms with van der Waals surface area (Å²) < 4.78 is 2.04. The molecule has 1 atom stereocenters. The molecular formula is C14H27ClN4. The zero-order chi connectivity index (χ0) is 14.3. The lowest BCUT2D eigenvalue weighted by Gasteiger charge is -2.15. The molecule has 110 valence electrons. The second-order valence-electron chi connectivity index (χ2n) is 5.48. The fourth-order valence-corrected chi connectivity index (χ4v) is 2.22. The average molecular weight is 287 g/mol. The van der Waals surface area contributed by atoms with Gasteiger partial charge in [-0.1, -0.05) is 25.4 Å². The van der Waals surface area contributed by atoms with Gasteiger partial charge in [0, 0.05) is 6.54 Å². The van der Waals surface area contributed by atoms with Gasteiger partial charge in [-0.15, -0.1) is 0 Å². The number of halogens is 1. The minimum Gasteiger partial charge on any atom is -0.316 e. The van der Waals surface area contributed by atoms with E-state index in [-0.39, 0.29) is 0 Å². The number of aromatic nitrogens is 2. The van der Waals surface area contributed by atoms with Crippen LogP contribution in [0.25, 0.3) is 0 Å². The SMILES string of the molecule is CCCNCC(C)Cc1c(Cl)cnn1CCN(C)C. The number of hydrogen-bond donors (Lipinski definition) is 1. The highest BCUT2D eigenvalue weighted by atomic mass is 35.5. The Labute approximate surface area is 122 Å². The average Bonchev–Trinajstić information content (AvgIpc) is 2.69. The van der Waals surface area contributed by atoms with Crippen LogP contribution in [-0.2, 0) is 13.0 Å². The van der Waals surface area contributed by atoms with E-state index in [0.29, 0.717) is 5.92 Å². The van der Waals surface area contributed by atoms with Gasteiger partial charge in [0.15, 0.2) is 0 Å². The summed E-state index contributed by atoms with van der Waals surface area (Å²) in [5, 5.41) is 8.62. The Hall–Kier alpha value is -0.580. The molecule has 0 radical (unpaired) electrons. The van der Waals surface area contributed by atoms with Gasteiger partial charge in [0.1, 0.15) is 0 Å². The van der Waals surface area contributed by atoms with Gasteiger partial charge in [-0.05, 0) is 45.9 Å². The van der Waals surface area contributed by atoms with Crippen molar-refractivity contribution in [3.8, 4) is 0 Å². The Morgan fingerprint density at radius 3 is 2.84 bits per heavy atom. The zero-order valence-corrected chi connectivity index (χ0v) is 13.4. The number of rotatable bonds is 9. The molecule has 0 aromatic carbocycles. The first-order chi connectivity index (χ1) is 9.04. The van der Waals surface area contributed by atoms with E-state index in [0.717, 1.165) is 43.3 Å². The van der Waals surface area contributed by atoms with E-state index in [1.165, 1.54) is 6.42 Å². The summed E-state index contributed by atoms with van der Waals surface area (Å²) in [4.78, 5) is 2.16. The van der Waals surface area contributed by atoms with E-state index in [1.807, 2.05) is 4.68 Å². The number of hydrogen-bond acceptors (Lipinski definition) is 3. The molecule has 0 aliphatic carbocycles. The summed E-state index contributed by atoms with van der Waals surface area (Å²) in [6.45, 7) is 8.42. The summed E-state index contributed by atoms with van der Waals surface area (Å²) in [5.74, 6) is 0.568. The Kier molecular flexibility index (Phi) is 7.42. The van der Waals surface area contributed by atoms with Crippen LogP contribution in [0.5, 0.6) is 0 Å². The molecule has 4 nitrogen and oxygen atoms in total. The Bertz CT molecular complexity index is 362. The van der Waals surface area contributed by atoms with E-state index in [2.05, 4.69) is 43.3 Å². The third-order valence-corrected chi connectivity index (χ3v) is 3.43. The molecule has 0 amide bonds. The highest BCUT2D eigenvalue weighted by molar-refractivity contribution is 6.31. The monoisotopic (exact) mass is 286 g/mol. The van der Waals surface area contributed by atoms with Crippen molar-refractivity contribution in [1.29, 1.82) is 0 Å². The molecule has 0 aliphatic rings. The van der Waals surface area contributed by atoms with E-state index in [1.54, 1.807) is 6.20 Å². The van der Waals surface area contributed by atoms with Crippen LogP contribution in [0.15, 0.2) is 6.20 Å². The molecule has 0 aliphatic heterocycles. The van der Waals surface area contributed by atoms with Crippen LogP contribution in [0.2, 0.25) is 5.02 Å². The molecule has 5 heteroatoms. The van der Waals surface area contributed by atoms with Crippen LogP contribution < -0.4 is 5.32 Å². The van der Waals surface area contributed by atoms with Crippen LogP contribution in [0.3, 0.4) is 0 Å². The third kappa shape index (κ3) is 5.93. The Morgan fingerprint density at radius 2 is 2.21 bits per heavy atom. The quantitative estimate of drug-likeness (QED) is 0.707.